The summed E-state index contributed by atoms with van der Waals surface area (Å²) in [6, 6.07) is 13.1. The Balaban J connectivity index is 1.61. The van der Waals surface area contributed by atoms with E-state index in [1.807, 2.05) is 36.4 Å². The number of para-hydroxylation sites is 1. The number of hydrogen-bond donors (Lipinski definition) is 3. The first-order valence-corrected chi connectivity index (χ1v) is 8.17. The molecule has 0 spiro atoms. The summed E-state index contributed by atoms with van der Waals surface area (Å²) in [5.74, 6) is 0.432. The highest BCUT2D eigenvalue weighted by molar-refractivity contribution is 14.1. The summed E-state index contributed by atoms with van der Waals surface area (Å²) in [6.45, 7) is 0. The van der Waals surface area contributed by atoms with Crippen molar-refractivity contribution >= 4 is 56.8 Å². The van der Waals surface area contributed by atoms with E-state index in [9.17, 15) is 5.11 Å². The van der Waals surface area contributed by atoms with Gasteiger partial charge in [0.15, 0.2) is 5.65 Å². The molecule has 0 amide bonds. The molecule has 0 aliphatic rings. The van der Waals surface area contributed by atoms with Crippen LogP contribution in [0.4, 0.5) is 5.95 Å². The van der Waals surface area contributed by atoms with Crippen LogP contribution in [0.5, 0.6) is 5.75 Å². The van der Waals surface area contributed by atoms with Gasteiger partial charge in [-0.2, -0.15) is 10.1 Å². The van der Waals surface area contributed by atoms with E-state index >= 15 is 0 Å². The molecule has 0 fully saturated rings. The summed E-state index contributed by atoms with van der Waals surface area (Å²) in [5, 5.41) is 23.0. The summed E-state index contributed by atoms with van der Waals surface area (Å²) in [6.07, 6.45) is 1.51. The zero-order valence-corrected chi connectivity index (χ0v) is 14.4. The first-order valence-electron chi connectivity index (χ1n) is 7.09. The van der Waals surface area contributed by atoms with Crippen LogP contribution in [0.1, 0.15) is 5.56 Å². The van der Waals surface area contributed by atoms with Crippen molar-refractivity contribution in [2.45, 2.75) is 0 Å². The van der Waals surface area contributed by atoms with Crippen molar-refractivity contribution in [3.05, 3.63) is 51.6 Å². The molecule has 0 aliphatic heterocycles. The second-order valence-electron chi connectivity index (χ2n) is 5.08. The van der Waals surface area contributed by atoms with Crippen molar-refractivity contribution in [1.82, 2.24) is 20.2 Å². The van der Waals surface area contributed by atoms with Crippen LogP contribution in [-0.4, -0.2) is 31.5 Å². The van der Waals surface area contributed by atoms with Gasteiger partial charge in [0.25, 0.3) is 5.95 Å². The Hall–Kier alpha value is -2.75. The Morgan fingerprint density at radius 1 is 1.17 bits per heavy atom. The molecular formula is C16H11IN6O. The third-order valence-electron chi connectivity index (χ3n) is 3.48. The minimum atomic E-state index is 0.158. The molecule has 2 aromatic heterocycles. The average Bonchev–Trinajstić information content (AvgIpc) is 2.96. The number of rotatable bonds is 3. The minimum Gasteiger partial charge on any atom is -0.507 e. The molecule has 8 heteroatoms. The van der Waals surface area contributed by atoms with E-state index in [1.165, 1.54) is 6.21 Å². The fourth-order valence-corrected chi connectivity index (χ4v) is 2.87. The van der Waals surface area contributed by atoms with E-state index < -0.39 is 0 Å². The standard InChI is InChI=1S/C16H11IN6O/c17-10-5-6-13(24)9(7-10)8-18-22-16-20-15-14(21-23-16)11-3-1-2-4-12(11)19-15/h1-8,24H,(H2,19,20,22,23)/b18-8+. The second-order valence-corrected chi connectivity index (χ2v) is 6.32. The first kappa shape index (κ1) is 14.8. The zero-order valence-electron chi connectivity index (χ0n) is 12.2. The molecule has 3 N–H and O–H groups in total. The summed E-state index contributed by atoms with van der Waals surface area (Å²) in [4.78, 5) is 7.56. The van der Waals surface area contributed by atoms with Crippen LogP contribution >= 0.6 is 22.6 Å². The van der Waals surface area contributed by atoms with Crippen molar-refractivity contribution in [3.8, 4) is 5.75 Å². The Bertz CT molecular complexity index is 1070. The molecule has 0 saturated heterocycles. The van der Waals surface area contributed by atoms with Crippen LogP contribution in [0.15, 0.2) is 47.6 Å². The molecule has 0 bridgehead atoms. The SMILES string of the molecule is Oc1ccc(I)cc1/C=N/Nc1nnc2c(n1)[nH]c1ccccc12. The van der Waals surface area contributed by atoms with Gasteiger partial charge in [-0.15, -0.1) is 10.2 Å². The number of hydrazone groups is 1. The molecule has 0 saturated carbocycles. The predicted molar refractivity (Wildman–Crippen MR) is 101 cm³/mol. The maximum atomic E-state index is 9.78. The number of anilines is 1. The molecule has 4 rings (SSSR count). The average molecular weight is 430 g/mol. The normalized spacial score (nSPS) is 11.5. The summed E-state index contributed by atoms with van der Waals surface area (Å²) in [5.41, 5.74) is 5.65. The number of aromatic amines is 1. The quantitative estimate of drug-likeness (QED) is 0.263. The molecule has 0 unspecified atom stereocenters. The summed E-state index contributed by atoms with van der Waals surface area (Å²) >= 11 is 2.17. The lowest BCUT2D eigenvalue weighted by Crippen LogP contribution is -1.99. The third-order valence-corrected chi connectivity index (χ3v) is 4.15. The van der Waals surface area contributed by atoms with Crippen LogP contribution in [0.2, 0.25) is 0 Å². The van der Waals surface area contributed by atoms with Crippen molar-refractivity contribution in [2.24, 2.45) is 5.10 Å². The Morgan fingerprint density at radius 2 is 2.04 bits per heavy atom. The van der Waals surface area contributed by atoms with E-state index in [4.69, 9.17) is 0 Å². The topological polar surface area (TPSA) is 99.1 Å². The first-order chi connectivity index (χ1) is 11.7. The smallest absolute Gasteiger partial charge is 0.265 e. The Labute approximate surface area is 150 Å². The number of hydrogen-bond acceptors (Lipinski definition) is 6. The number of nitrogens with zero attached hydrogens (tertiary/aromatic N) is 4. The Morgan fingerprint density at radius 3 is 2.96 bits per heavy atom. The van der Waals surface area contributed by atoms with Crippen molar-refractivity contribution < 1.29 is 5.11 Å². The Kier molecular flexibility index (Phi) is 3.73. The molecule has 118 valence electrons. The lowest BCUT2D eigenvalue weighted by atomic mass is 10.2. The number of aromatic hydroxyl groups is 1. The summed E-state index contributed by atoms with van der Waals surface area (Å²) < 4.78 is 1.00. The molecule has 0 atom stereocenters. The molecule has 24 heavy (non-hydrogen) atoms. The maximum absolute atomic E-state index is 9.78. The van der Waals surface area contributed by atoms with Gasteiger partial charge in [-0.3, -0.25) is 0 Å². The van der Waals surface area contributed by atoms with E-state index in [-0.39, 0.29) is 11.7 Å². The van der Waals surface area contributed by atoms with Crippen LogP contribution < -0.4 is 5.43 Å². The molecule has 7 nitrogen and oxygen atoms in total. The molecular weight excluding hydrogens is 419 g/mol. The second kappa shape index (κ2) is 6.04. The highest BCUT2D eigenvalue weighted by Gasteiger charge is 2.08. The van der Waals surface area contributed by atoms with Gasteiger partial charge in [-0.05, 0) is 46.9 Å². The number of benzene rings is 2. The van der Waals surface area contributed by atoms with Crippen LogP contribution in [0, 0.1) is 3.57 Å². The fourth-order valence-electron chi connectivity index (χ4n) is 2.36. The van der Waals surface area contributed by atoms with Crippen LogP contribution in [0.25, 0.3) is 22.1 Å². The third kappa shape index (κ3) is 2.75. The number of H-pyrrole nitrogens is 1. The molecule has 0 radical (unpaired) electrons. The molecule has 4 aromatic rings. The molecule has 2 aromatic carbocycles. The van der Waals surface area contributed by atoms with Gasteiger partial charge < -0.3 is 10.1 Å². The highest BCUT2D eigenvalue weighted by Crippen LogP contribution is 2.22. The monoisotopic (exact) mass is 430 g/mol. The van der Waals surface area contributed by atoms with Gasteiger partial charge in [-0.25, -0.2) is 5.43 Å². The van der Waals surface area contributed by atoms with Crippen molar-refractivity contribution in [3.63, 3.8) is 0 Å². The minimum absolute atomic E-state index is 0.158. The van der Waals surface area contributed by atoms with Gasteiger partial charge in [0.2, 0.25) is 0 Å². The number of phenolic OH excluding ortho intramolecular Hbond substituents is 1. The number of halogens is 1. The van der Waals surface area contributed by atoms with E-state index in [2.05, 4.69) is 53.3 Å². The van der Waals surface area contributed by atoms with Crippen molar-refractivity contribution in [1.29, 1.82) is 0 Å². The van der Waals surface area contributed by atoms with E-state index in [0.29, 0.717) is 11.2 Å². The molecule has 0 aliphatic carbocycles. The van der Waals surface area contributed by atoms with Crippen LogP contribution in [0.3, 0.4) is 0 Å². The fraction of sp³-hybridized carbons (Fsp3) is 0. The van der Waals surface area contributed by atoms with Gasteiger partial charge in [0, 0.05) is 20.0 Å². The zero-order chi connectivity index (χ0) is 16.5. The number of nitrogens with one attached hydrogen (secondary N) is 2. The largest absolute Gasteiger partial charge is 0.507 e. The lowest BCUT2D eigenvalue weighted by molar-refractivity contribution is 0.474. The van der Waals surface area contributed by atoms with E-state index in [1.54, 1.807) is 6.07 Å². The van der Waals surface area contributed by atoms with Gasteiger partial charge in [0.1, 0.15) is 11.3 Å². The van der Waals surface area contributed by atoms with Gasteiger partial charge >= 0.3 is 0 Å². The van der Waals surface area contributed by atoms with Gasteiger partial charge in [-0.1, -0.05) is 18.2 Å². The lowest BCUT2D eigenvalue weighted by Gasteiger charge is -2.00. The maximum Gasteiger partial charge on any atom is 0.265 e. The molecule has 2 heterocycles. The number of phenols is 1. The highest BCUT2D eigenvalue weighted by atomic mass is 127. The van der Waals surface area contributed by atoms with Crippen molar-refractivity contribution in [2.75, 3.05) is 5.43 Å². The predicted octanol–water partition coefficient (Wildman–Crippen LogP) is 3.26. The number of fused-ring (bicyclic) bond motifs is 3. The number of aromatic nitrogens is 4. The van der Waals surface area contributed by atoms with Crippen LogP contribution in [-0.2, 0) is 0 Å². The van der Waals surface area contributed by atoms with Gasteiger partial charge in [0.05, 0.1) is 6.21 Å². The summed E-state index contributed by atoms with van der Waals surface area (Å²) in [7, 11) is 0. The van der Waals surface area contributed by atoms with E-state index in [0.717, 1.165) is 20.0 Å².